The van der Waals surface area contributed by atoms with E-state index >= 15 is 0 Å². The third-order valence-corrected chi connectivity index (χ3v) is 3.56. The van der Waals surface area contributed by atoms with E-state index in [0.29, 0.717) is 0 Å². The molecule has 0 atom stereocenters. The van der Waals surface area contributed by atoms with Crippen molar-refractivity contribution in [1.82, 2.24) is 5.32 Å². The maximum absolute atomic E-state index is 3.57. The SMILES string of the molecule is Cc1ccccc1-c1cccc(CNC2CC2)c1. The molecule has 0 heterocycles. The van der Waals surface area contributed by atoms with Crippen LogP contribution in [0, 0.1) is 6.92 Å². The van der Waals surface area contributed by atoms with E-state index < -0.39 is 0 Å². The number of aryl methyl sites for hydroxylation is 1. The molecule has 0 aliphatic heterocycles. The molecule has 0 radical (unpaired) electrons. The number of rotatable bonds is 4. The van der Waals surface area contributed by atoms with Gasteiger partial charge in [-0.25, -0.2) is 0 Å². The smallest absolute Gasteiger partial charge is 0.0208 e. The summed E-state index contributed by atoms with van der Waals surface area (Å²) in [6.07, 6.45) is 2.69. The first kappa shape index (κ1) is 11.5. The molecule has 1 heteroatoms. The van der Waals surface area contributed by atoms with Gasteiger partial charge in [-0.3, -0.25) is 0 Å². The fourth-order valence-corrected chi connectivity index (χ4v) is 2.30. The predicted octanol–water partition coefficient (Wildman–Crippen LogP) is 3.91. The number of nitrogens with one attached hydrogen (secondary N) is 1. The molecule has 0 spiro atoms. The Morgan fingerprint density at radius 1 is 1.06 bits per heavy atom. The van der Waals surface area contributed by atoms with Crippen molar-refractivity contribution < 1.29 is 0 Å². The van der Waals surface area contributed by atoms with E-state index in [0.717, 1.165) is 12.6 Å². The Morgan fingerprint density at radius 3 is 2.67 bits per heavy atom. The summed E-state index contributed by atoms with van der Waals surface area (Å²) in [6.45, 7) is 3.16. The molecule has 1 N–H and O–H groups in total. The highest BCUT2D eigenvalue weighted by Gasteiger charge is 2.19. The van der Waals surface area contributed by atoms with Gasteiger partial charge in [0.1, 0.15) is 0 Å². The lowest BCUT2D eigenvalue weighted by Gasteiger charge is -2.08. The van der Waals surface area contributed by atoms with Gasteiger partial charge in [0, 0.05) is 12.6 Å². The van der Waals surface area contributed by atoms with Crippen LogP contribution in [0.15, 0.2) is 48.5 Å². The molecule has 1 aliphatic rings. The van der Waals surface area contributed by atoms with E-state index in [-0.39, 0.29) is 0 Å². The summed E-state index contributed by atoms with van der Waals surface area (Å²) in [5.74, 6) is 0. The summed E-state index contributed by atoms with van der Waals surface area (Å²) < 4.78 is 0. The highest BCUT2D eigenvalue weighted by atomic mass is 14.9. The van der Waals surface area contributed by atoms with Crippen molar-refractivity contribution in [2.24, 2.45) is 0 Å². The van der Waals surface area contributed by atoms with E-state index in [1.54, 1.807) is 0 Å². The summed E-state index contributed by atoms with van der Waals surface area (Å²) in [5, 5.41) is 3.57. The number of hydrogen-bond acceptors (Lipinski definition) is 1. The Morgan fingerprint density at radius 2 is 1.89 bits per heavy atom. The second-order valence-electron chi connectivity index (χ2n) is 5.17. The van der Waals surface area contributed by atoms with Gasteiger partial charge < -0.3 is 5.32 Å². The predicted molar refractivity (Wildman–Crippen MR) is 76.5 cm³/mol. The molecule has 1 aliphatic carbocycles. The summed E-state index contributed by atoms with van der Waals surface area (Å²) in [4.78, 5) is 0. The van der Waals surface area contributed by atoms with Gasteiger partial charge in [-0.15, -0.1) is 0 Å². The monoisotopic (exact) mass is 237 g/mol. The van der Waals surface area contributed by atoms with Crippen molar-refractivity contribution in [2.45, 2.75) is 32.4 Å². The Hall–Kier alpha value is -1.60. The van der Waals surface area contributed by atoms with Crippen LogP contribution in [0.25, 0.3) is 11.1 Å². The maximum atomic E-state index is 3.57. The van der Waals surface area contributed by atoms with Crippen LogP contribution in [-0.2, 0) is 6.54 Å². The van der Waals surface area contributed by atoms with E-state index in [2.05, 4.69) is 60.8 Å². The van der Waals surface area contributed by atoms with Crippen molar-refractivity contribution in [3.05, 3.63) is 59.7 Å². The standard InChI is InChI=1S/C17H19N/c1-13-5-2-3-8-17(13)15-7-4-6-14(11-15)12-18-16-9-10-16/h2-8,11,16,18H,9-10,12H2,1H3. The zero-order valence-corrected chi connectivity index (χ0v) is 10.8. The first-order valence-corrected chi connectivity index (χ1v) is 6.71. The largest absolute Gasteiger partial charge is 0.310 e. The first-order valence-electron chi connectivity index (χ1n) is 6.71. The molecule has 0 saturated heterocycles. The Kier molecular flexibility index (Phi) is 3.16. The maximum Gasteiger partial charge on any atom is 0.0208 e. The minimum absolute atomic E-state index is 0.770. The highest BCUT2D eigenvalue weighted by molar-refractivity contribution is 5.67. The third-order valence-electron chi connectivity index (χ3n) is 3.56. The Bertz CT molecular complexity index is 541. The van der Waals surface area contributed by atoms with Crippen LogP contribution >= 0.6 is 0 Å². The van der Waals surface area contributed by atoms with Crippen LogP contribution in [0.4, 0.5) is 0 Å². The molecule has 2 aromatic rings. The van der Waals surface area contributed by atoms with Crippen molar-refractivity contribution in [1.29, 1.82) is 0 Å². The van der Waals surface area contributed by atoms with Crippen LogP contribution in [0.3, 0.4) is 0 Å². The average Bonchev–Trinajstić information content (AvgIpc) is 3.21. The van der Waals surface area contributed by atoms with Crippen LogP contribution in [0.2, 0.25) is 0 Å². The van der Waals surface area contributed by atoms with Gasteiger partial charge >= 0.3 is 0 Å². The summed E-state index contributed by atoms with van der Waals surface area (Å²) >= 11 is 0. The van der Waals surface area contributed by atoms with Gasteiger partial charge in [-0.2, -0.15) is 0 Å². The molecular weight excluding hydrogens is 218 g/mol. The Balaban J connectivity index is 1.83. The molecule has 3 rings (SSSR count). The molecule has 1 saturated carbocycles. The lowest BCUT2D eigenvalue weighted by atomic mass is 9.99. The summed E-state index contributed by atoms with van der Waals surface area (Å²) in [7, 11) is 0. The first-order chi connectivity index (χ1) is 8.83. The highest BCUT2D eigenvalue weighted by Crippen LogP contribution is 2.24. The van der Waals surface area contributed by atoms with Gasteiger partial charge in [0.05, 0.1) is 0 Å². The number of hydrogen-bond donors (Lipinski definition) is 1. The molecule has 0 bridgehead atoms. The zero-order chi connectivity index (χ0) is 12.4. The minimum Gasteiger partial charge on any atom is -0.310 e. The molecule has 0 aromatic heterocycles. The Labute approximate surface area is 109 Å². The second-order valence-corrected chi connectivity index (χ2v) is 5.17. The second kappa shape index (κ2) is 4.95. The van der Waals surface area contributed by atoms with Crippen molar-refractivity contribution in [2.75, 3.05) is 0 Å². The quantitative estimate of drug-likeness (QED) is 0.850. The zero-order valence-electron chi connectivity index (χ0n) is 10.8. The lowest BCUT2D eigenvalue weighted by molar-refractivity contribution is 0.688. The normalized spacial score (nSPS) is 14.7. The molecule has 1 fully saturated rings. The fourth-order valence-electron chi connectivity index (χ4n) is 2.30. The van der Waals surface area contributed by atoms with E-state index in [4.69, 9.17) is 0 Å². The van der Waals surface area contributed by atoms with Gasteiger partial charge in [0.2, 0.25) is 0 Å². The summed E-state index contributed by atoms with van der Waals surface area (Å²) in [6, 6.07) is 18.2. The molecule has 1 nitrogen and oxygen atoms in total. The van der Waals surface area contributed by atoms with Crippen LogP contribution < -0.4 is 5.32 Å². The average molecular weight is 237 g/mol. The third kappa shape index (κ3) is 2.62. The molecule has 0 amide bonds. The van der Waals surface area contributed by atoms with E-state index in [1.165, 1.54) is 35.1 Å². The fraction of sp³-hybridized carbons (Fsp3) is 0.294. The topological polar surface area (TPSA) is 12.0 Å². The van der Waals surface area contributed by atoms with Gasteiger partial charge in [0.25, 0.3) is 0 Å². The molecule has 2 aromatic carbocycles. The van der Waals surface area contributed by atoms with Gasteiger partial charge in [-0.1, -0.05) is 42.5 Å². The summed E-state index contributed by atoms with van der Waals surface area (Å²) in [5.41, 5.74) is 5.38. The van der Waals surface area contributed by atoms with Crippen LogP contribution in [-0.4, -0.2) is 6.04 Å². The van der Waals surface area contributed by atoms with Crippen molar-refractivity contribution in [3.63, 3.8) is 0 Å². The minimum atomic E-state index is 0.770. The molecule has 92 valence electrons. The molecular formula is C17H19N. The molecule has 18 heavy (non-hydrogen) atoms. The van der Waals surface area contributed by atoms with Gasteiger partial charge in [-0.05, 0) is 48.1 Å². The van der Waals surface area contributed by atoms with Gasteiger partial charge in [0.15, 0.2) is 0 Å². The lowest BCUT2D eigenvalue weighted by Crippen LogP contribution is -2.15. The van der Waals surface area contributed by atoms with Crippen LogP contribution in [0.1, 0.15) is 24.0 Å². The van der Waals surface area contributed by atoms with Crippen molar-refractivity contribution in [3.8, 4) is 11.1 Å². The van der Waals surface area contributed by atoms with E-state index in [1.807, 2.05) is 0 Å². The van der Waals surface area contributed by atoms with Crippen molar-refractivity contribution >= 4 is 0 Å². The van der Waals surface area contributed by atoms with E-state index in [9.17, 15) is 0 Å². The molecule has 0 unspecified atom stereocenters. The number of benzene rings is 2. The van der Waals surface area contributed by atoms with Crippen LogP contribution in [0.5, 0.6) is 0 Å².